The van der Waals surface area contributed by atoms with Gasteiger partial charge in [0.15, 0.2) is 0 Å². The fourth-order valence-electron chi connectivity index (χ4n) is 2.78. The summed E-state index contributed by atoms with van der Waals surface area (Å²) in [6, 6.07) is 9.49. The van der Waals surface area contributed by atoms with Crippen LogP contribution in [0.15, 0.2) is 53.4 Å². The number of aryl methyl sites for hydroxylation is 1. The second kappa shape index (κ2) is 6.26. The third-order valence-electron chi connectivity index (χ3n) is 3.99. The quantitative estimate of drug-likeness (QED) is 0.512. The molecule has 4 rings (SSSR count). The molecule has 0 aliphatic heterocycles. The second-order valence-corrected chi connectivity index (χ2v) is 6.38. The lowest BCUT2D eigenvalue weighted by Gasteiger charge is -2.02. The lowest BCUT2D eigenvalue weighted by Crippen LogP contribution is -2.07. The van der Waals surface area contributed by atoms with Crippen LogP contribution in [0.5, 0.6) is 0 Å². The van der Waals surface area contributed by atoms with E-state index in [2.05, 4.69) is 4.98 Å². The van der Waals surface area contributed by atoms with Crippen molar-refractivity contribution in [3.8, 4) is 0 Å². The lowest BCUT2D eigenvalue weighted by atomic mass is 10.1. The maximum Gasteiger partial charge on any atom is 0.310 e. The zero-order chi connectivity index (χ0) is 17.4. The largest absolute Gasteiger partial charge is 0.464 e. The third-order valence-corrected chi connectivity index (χ3v) is 4.22. The maximum atomic E-state index is 12.1. The first-order valence-electron chi connectivity index (χ1n) is 7.84. The van der Waals surface area contributed by atoms with Gasteiger partial charge in [-0.3, -0.25) is 4.79 Å². The van der Waals surface area contributed by atoms with E-state index in [1.54, 1.807) is 29.1 Å². The van der Waals surface area contributed by atoms with E-state index in [1.165, 1.54) is 0 Å². The summed E-state index contributed by atoms with van der Waals surface area (Å²) in [7, 11) is 0. The summed E-state index contributed by atoms with van der Waals surface area (Å²) < 4.78 is 12.7. The van der Waals surface area contributed by atoms with E-state index in [0.29, 0.717) is 10.7 Å². The summed E-state index contributed by atoms with van der Waals surface area (Å²) in [5.41, 5.74) is 4.14. The number of nitrogens with zero attached hydrogens (tertiary/aromatic N) is 2. The van der Waals surface area contributed by atoms with Gasteiger partial charge in [0.25, 0.3) is 0 Å². The molecule has 0 fully saturated rings. The number of carbonyl (C=O) groups excluding carboxylic acids is 1. The van der Waals surface area contributed by atoms with Gasteiger partial charge in [-0.2, -0.15) is 0 Å². The molecule has 0 aliphatic carbocycles. The number of furan rings is 1. The van der Waals surface area contributed by atoms with Crippen molar-refractivity contribution < 1.29 is 13.9 Å². The van der Waals surface area contributed by atoms with Gasteiger partial charge in [-0.15, -0.1) is 0 Å². The summed E-state index contributed by atoms with van der Waals surface area (Å²) in [5, 5.41) is 1.56. The molecule has 0 spiro atoms. The van der Waals surface area contributed by atoms with Crippen molar-refractivity contribution in [2.45, 2.75) is 20.0 Å². The molecule has 0 atom stereocenters. The lowest BCUT2D eigenvalue weighted by molar-refractivity contribution is -0.144. The minimum atomic E-state index is -0.321. The van der Waals surface area contributed by atoms with Gasteiger partial charge in [-0.25, -0.2) is 4.98 Å². The van der Waals surface area contributed by atoms with E-state index in [-0.39, 0.29) is 19.0 Å². The summed E-state index contributed by atoms with van der Waals surface area (Å²) in [6.07, 6.45) is 5.33. The molecule has 0 N–H and O–H groups in total. The monoisotopic (exact) mass is 354 g/mol. The van der Waals surface area contributed by atoms with E-state index in [9.17, 15) is 4.79 Å². The number of rotatable bonds is 4. The molecule has 1 aromatic carbocycles. The number of esters is 1. The molecule has 0 radical (unpaired) electrons. The number of imidazole rings is 1. The minimum Gasteiger partial charge on any atom is -0.464 e. The Morgan fingerprint density at radius 2 is 2.16 bits per heavy atom. The number of halogens is 1. The van der Waals surface area contributed by atoms with Crippen molar-refractivity contribution in [3.05, 3.63) is 70.8 Å². The third kappa shape index (κ3) is 3.23. The van der Waals surface area contributed by atoms with Crippen molar-refractivity contribution >= 4 is 34.2 Å². The van der Waals surface area contributed by atoms with Crippen LogP contribution >= 0.6 is 11.6 Å². The van der Waals surface area contributed by atoms with Gasteiger partial charge >= 0.3 is 5.97 Å². The molecule has 0 unspecified atom stereocenters. The van der Waals surface area contributed by atoms with Crippen molar-refractivity contribution in [1.29, 1.82) is 0 Å². The smallest absolute Gasteiger partial charge is 0.310 e. The van der Waals surface area contributed by atoms with E-state index in [4.69, 9.17) is 20.8 Å². The minimum absolute atomic E-state index is 0.118. The van der Waals surface area contributed by atoms with Crippen molar-refractivity contribution in [1.82, 2.24) is 9.38 Å². The Balaban J connectivity index is 1.44. The fourth-order valence-corrected chi connectivity index (χ4v) is 2.94. The predicted octanol–water partition coefficient (Wildman–Crippen LogP) is 4.33. The molecular weight excluding hydrogens is 340 g/mol. The van der Waals surface area contributed by atoms with Gasteiger partial charge in [0, 0.05) is 23.3 Å². The van der Waals surface area contributed by atoms with E-state index in [0.717, 1.165) is 27.7 Å². The van der Waals surface area contributed by atoms with E-state index in [1.807, 2.05) is 31.2 Å². The van der Waals surface area contributed by atoms with Crippen LogP contribution in [0.3, 0.4) is 0 Å². The Hall–Kier alpha value is -2.79. The molecule has 126 valence electrons. The molecule has 4 aromatic rings. The predicted molar refractivity (Wildman–Crippen MR) is 94.7 cm³/mol. The molecule has 6 heteroatoms. The van der Waals surface area contributed by atoms with Gasteiger partial charge in [-0.1, -0.05) is 23.7 Å². The molecule has 3 aromatic heterocycles. The van der Waals surface area contributed by atoms with Crippen molar-refractivity contribution in [2.24, 2.45) is 0 Å². The number of aromatic nitrogens is 2. The van der Waals surface area contributed by atoms with Crippen LogP contribution in [0.2, 0.25) is 5.02 Å². The van der Waals surface area contributed by atoms with Crippen LogP contribution in [-0.4, -0.2) is 15.4 Å². The average molecular weight is 355 g/mol. The number of benzene rings is 1. The van der Waals surface area contributed by atoms with Crippen LogP contribution in [0.1, 0.15) is 16.8 Å². The molecule has 0 aliphatic rings. The highest BCUT2D eigenvalue weighted by Gasteiger charge is 2.12. The fraction of sp³-hybridized carbons (Fsp3) is 0.158. The van der Waals surface area contributed by atoms with Crippen LogP contribution in [0, 0.1) is 6.92 Å². The van der Waals surface area contributed by atoms with Crippen LogP contribution in [0.4, 0.5) is 0 Å². The second-order valence-electron chi connectivity index (χ2n) is 5.94. The van der Waals surface area contributed by atoms with Gasteiger partial charge in [0.2, 0.25) is 0 Å². The van der Waals surface area contributed by atoms with Crippen molar-refractivity contribution in [2.75, 3.05) is 0 Å². The Labute approximate surface area is 148 Å². The average Bonchev–Trinajstić information content (AvgIpc) is 3.16. The molecule has 0 saturated heterocycles. The van der Waals surface area contributed by atoms with Crippen LogP contribution < -0.4 is 0 Å². The molecule has 0 saturated carbocycles. The highest BCUT2D eigenvalue weighted by molar-refractivity contribution is 6.30. The topological polar surface area (TPSA) is 56.7 Å². The zero-order valence-corrected chi connectivity index (χ0v) is 14.3. The summed E-state index contributed by atoms with van der Waals surface area (Å²) in [4.78, 5) is 16.5. The molecule has 5 nitrogen and oxygen atoms in total. The van der Waals surface area contributed by atoms with E-state index >= 15 is 0 Å². The number of fused-ring (bicyclic) bond motifs is 2. The molecular formula is C19H15ClN2O3. The Morgan fingerprint density at radius 1 is 1.28 bits per heavy atom. The Bertz CT molecular complexity index is 1080. The highest BCUT2D eigenvalue weighted by Crippen LogP contribution is 2.23. The number of hydrogen-bond acceptors (Lipinski definition) is 4. The first kappa shape index (κ1) is 15.7. The molecule has 0 amide bonds. The molecule has 3 heterocycles. The van der Waals surface area contributed by atoms with Gasteiger partial charge in [0.1, 0.15) is 17.8 Å². The van der Waals surface area contributed by atoms with Crippen LogP contribution in [-0.2, 0) is 22.6 Å². The molecule has 0 bridgehead atoms. The summed E-state index contributed by atoms with van der Waals surface area (Å²) >= 11 is 5.95. The Morgan fingerprint density at radius 3 is 3.04 bits per heavy atom. The van der Waals surface area contributed by atoms with Gasteiger partial charge < -0.3 is 13.6 Å². The van der Waals surface area contributed by atoms with Gasteiger partial charge in [-0.05, 0) is 30.7 Å². The SMILES string of the molecule is Cc1ccc2c(CC(=O)OCc3cn4cc(Cl)ccc4n3)coc2c1. The standard InChI is InChI=1S/C19H15ClN2O3/c1-12-2-4-16-13(10-24-17(16)6-12)7-19(23)25-11-15-9-22-8-14(20)3-5-18(22)21-15/h2-6,8-10H,7,11H2,1H3. The number of hydrogen-bond donors (Lipinski definition) is 0. The van der Waals surface area contributed by atoms with Crippen molar-refractivity contribution in [3.63, 3.8) is 0 Å². The van der Waals surface area contributed by atoms with Gasteiger partial charge in [0.05, 0.1) is 23.4 Å². The van der Waals surface area contributed by atoms with E-state index < -0.39 is 0 Å². The number of ether oxygens (including phenoxy) is 1. The maximum absolute atomic E-state index is 12.1. The number of carbonyl (C=O) groups is 1. The first-order valence-corrected chi connectivity index (χ1v) is 8.22. The first-order chi connectivity index (χ1) is 12.1. The normalized spacial score (nSPS) is 11.3. The zero-order valence-electron chi connectivity index (χ0n) is 13.5. The van der Waals surface area contributed by atoms with Crippen LogP contribution in [0.25, 0.3) is 16.6 Å². The highest BCUT2D eigenvalue weighted by atomic mass is 35.5. The Kier molecular flexibility index (Phi) is 3.93. The number of pyridine rings is 1. The molecule has 25 heavy (non-hydrogen) atoms. The summed E-state index contributed by atoms with van der Waals surface area (Å²) in [6.45, 7) is 2.12. The summed E-state index contributed by atoms with van der Waals surface area (Å²) in [5.74, 6) is -0.321.